The van der Waals surface area contributed by atoms with E-state index in [1.54, 1.807) is 0 Å². The van der Waals surface area contributed by atoms with Gasteiger partial charge in [0.25, 0.3) is 0 Å². The average molecular weight is 733 g/mol. The maximum Gasteiger partial charge on any atom is 0.104 e. The van der Waals surface area contributed by atoms with Gasteiger partial charge in [-0.25, -0.2) is 0 Å². The Hall–Kier alpha value is -7.59. The lowest BCUT2D eigenvalue weighted by atomic mass is 9.96. The molecule has 270 valence electrons. The molecule has 0 fully saturated rings. The standard InChI is InChI=1S/C51H36N6/c1-28-7-13-43-34(19-28)35-20-29(2)8-14-44(35)55(43)49-40(25-52)41(26-53)50(56-45-15-9-30(3)21-36(45)37-22-31(4)10-16-46(37)56)51(42(49)27-54)57-47-17-11-32(5)23-38(47)39-24-33(6)12-18-48(39)57/h7-24H,1-6H3. The first-order valence-corrected chi connectivity index (χ1v) is 19.1. The van der Waals surface area contributed by atoms with E-state index in [0.717, 1.165) is 98.8 Å². The largest absolute Gasteiger partial charge is 0.307 e. The molecule has 0 aliphatic heterocycles. The Morgan fingerprint density at radius 2 is 0.509 bits per heavy atom. The first-order valence-electron chi connectivity index (χ1n) is 19.1. The van der Waals surface area contributed by atoms with Crippen molar-refractivity contribution in [3.05, 3.63) is 159 Å². The fourth-order valence-corrected chi connectivity index (χ4v) is 9.17. The monoisotopic (exact) mass is 732 g/mol. The van der Waals surface area contributed by atoms with Crippen LogP contribution in [0.25, 0.3) is 82.5 Å². The summed E-state index contributed by atoms with van der Waals surface area (Å²) in [6.45, 7) is 12.5. The third kappa shape index (κ3) is 4.73. The van der Waals surface area contributed by atoms with Crippen LogP contribution in [0.4, 0.5) is 0 Å². The summed E-state index contributed by atoms with van der Waals surface area (Å²) in [7, 11) is 0. The lowest BCUT2D eigenvalue weighted by Gasteiger charge is -2.24. The van der Waals surface area contributed by atoms with Gasteiger partial charge in [0.2, 0.25) is 0 Å². The molecule has 3 aromatic heterocycles. The van der Waals surface area contributed by atoms with Crippen LogP contribution in [0, 0.1) is 75.5 Å². The molecule has 0 spiro atoms. The van der Waals surface area contributed by atoms with Crippen LogP contribution in [0.1, 0.15) is 50.1 Å². The highest BCUT2D eigenvalue weighted by atomic mass is 15.1. The van der Waals surface area contributed by atoms with Gasteiger partial charge >= 0.3 is 0 Å². The summed E-state index contributed by atoms with van der Waals surface area (Å²) in [4.78, 5) is 0. The van der Waals surface area contributed by atoms with Gasteiger partial charge in [-0.15, -0.1) is 0 Å². The highest BCUT2D eigenvalue weighted by Gasteiger charge is 2.32. The van der Waals surface area contributed by atoms with Gasteiger partial charge in [0.1, 0.15) is 23.8 Å². The van der Waals surface area contributed by atoms with Gasteiger partial charge in [-0.1, -0.05) is 69.8 Å². The molecule has 6 heteroatoms. The number of rotatable bonds is 3. The summed E-state index contributed by atoms with van der Waals surface area (Å²) >= 11 is 0. The van der Waals surface area contributed by atoms with Crippen molar-refractivity contribution in [2.24, 2.45) is 0 Å². The molecule has 0 saturated carbocycles. The number of aromatic nitrogens is 3. The maximum absolute atomic E-state index is 11.8. The lowest BCUT2D eigenvalue weighted by Crippen LogP contribution is -2.14. The summed E-state index contributed by atoms with van der Waals surface area (Å²) in [5.74, 6) is 0. The molecule has 0 unspecified atom stereocenters. The maximum atomic E-state index is 11.8. The molecule has 0 N–H and O–H groups in total. The predicted molar refractivity (Wildman–Crippen MR) is 232 cm³/mol. The van der Waals surface area contributed by atoms with E-state index in [4.69, 9.17) is 0 Å². The van der Waals surface area contributed by atoms with Crippen LogP contribution in [0.5, 0.6) is 0 Å². The highest BCUT2D eigenvalue weighted by molar-refractivity contribution is 6.14. The topological polar surface area (TPSA) is 86.2 Å². The van der Waals surface area contributed by atoms with Crippen LogP contribution in [-0.2, 0) is 0 Å². The molecule has 0 amide bonds. The zero-order chi connectivity index (χ0) is 39.4. The van der Waals surface area contributed by atoms with E-state index in [1.807, 2.05) is 4.57 Å². The van der Waals surface area contributed by atoms with Crippen molar-refractivity contribution in [1.29, 1.82) is 15.8 Å². The van der Waals surface area contributed by atoms with Crippen molar-refractivity contribution in [2.75, 3.05) is 0 Å². The molecule has 0 saturated heterocycles. The zero-order valence-corrected chi connectivity index (χ0v) is 32.6. The third-order valence-corrected chi connectivity index (χ3v) is 11.7. The van der Waals surface area contributed by atoms with Crippen molar-refractivity contribution < 1.29 is 0 Å². The van der Waals surface area contributed by atoms with E-state index in [1.165, 1.54) is 0 Å². The highest BCUT2D eigenvalue weighted by Crippen LogP contribution is 2.46. The van der Waals surface area contributed by atoms with Crippen molar-refractivity contribution in [3.63, 3.8) is 0 Å². The molecule has 10 aromatic rings. The van der Waals surface area contributed by atoms with E-state index in [-0.39, 0.29) is 11.1 Å². The summed E-state index contributed by atoms with van der Waals surface area (Å²) in [5.41, 5.74) is 14.0. The minimum Gasteiger partial charge on any atom is -0.307 e. The van der Waals surface area contributed by atoms with Crippen LogP contribution in [-0.4, -0.2) is 13.7 Å². The number of hydrogen-bond donors (Lipinski definition) is 0. The molecule has 0 aliphatic carbocycles. The van der Waals surface area contributed by atoms with Crippen molar-refractivity contribution in [1.82, 2.24) is 13.7 Å². The second kappa shape index (κ2) is 12.2. The zero-order valence-electron chi connectivity index (χ0n) is 32.6. The summed E-state index contributed by atoms with van der Waals surface area (Å²) in [6, 6.07) is 45.8. The molecule has 0 atom stereocenters. The Morgan fingerprint density at radius 3 is 0.754 bits per heavy atom. The summed E-state index contributed by atoms with van der Waals surface area (Å²) in [5, 5.41) is 40.9. The van der Waals surface area contributed by atoms with Crippen molar-refractivity contribution >= 4 is 65.4 Å². The minimum absolute atomic E-state index is 0.148. The molecule has 0 bridgehead atoms. The Morgan fingerprint density at radius 1 is 0.298 bits per heavy atom. The summed E-state index contributed by atoms with van der Waals surface area (Å²) < 4.78 is 6.31. The Kier molecular flexibility index (Phi) is 7.27. The average Bonchev–Trinajstić information content (AvgIpc) is 3.80. The van der Waals surface area contributed by atoms with Crippen LogP contribution < -0.4 is 0 Å². The minimum atomic E-state index is 0.148. The van der Waals surface area contributed by atoms with E-state index in [2.05, 4.69) is 178 Å². The molecule has 7 aromatic carbocycles. The first-order chi connectivity index (χ1) is 27.6. The van der Waals surface area contributed by atoms with Crippen LogP contribution in [0.3, 0.4) is 0 Å². The fourth-order valence-electron chi connectivity index (χ4n) is 9.17. The summed E-state index contributed by atoms with van der Waals surface area (Å²) in [6.07, 6.45) is 0. The Bertz CT molecular complexity index is 3390. The second-order valence-corrected chi connectivity index (χ2v) is 15.6. The molecule has 57 heavy (non-hydrogen) atoms. The molecule has 0 radical (unpaired) electrons. The molecule has 0 aliphatic rings. The molecular formula is C51H36N6. The van der Waals surface area contributed by atoms with Crippen LogP contribution >= 0.6 is 0 Å². The van der Waals surface area contributed by atoms with Gasteiger partial charge < -0.3 is 13.7 Å². The van der Waals surface area contributed by atoms with Gasteiger partial charge in [-0.3, -0.25) is 0 Å². The Labute approximate surface area is 329 Å². The molecule has 10 rings (SSSR count). The SMILES string of the molecule is Cc1ccc2c(c1)c1cc(C)ccc1n2-c1c(C#N)c(C#N)c(-n2c3ccc(C)cc3c3cc(C)ccc32)c(-n2c3ccc(C)cc3c3cc(C)ccc32)c1C#N. The van der Waals surface area contributed by atoms with E-state index in [0.29, 0.717) is 22.6 Å². The first kappa shape index (κ1) is 33.9. The van der Waals surface area contributed by atoms with Crippen LogP contribution in [0.2, 0.25) is 0 Å². The number of nitriles is 3. The molecular weight excluding hydrogens is 697 g/mol. The van der Waals surface area contributed by atoms with Crippen molar-refractivity contribution in [3.8, 4) is 35.3 Å². The van der Waals surface area contributed by atoms with Crippen LogP contribution in [0.15, 0.2) is 109 Å². The lowest BCUT2D eigenvalue weighted by molar-refractivity contribution is 1.05. The number of benzene rings is 7. The van der Waals surface area contributed by atoms with Gasteiger partial charge in [-0.2, -0.15) is 15.8 Å². The van der Waals surface area contributed by atoms with E-state index < -0.39 is 0 Å². The number of nitrogens with zero attached hydrogens (tertiary/aromatic N) is 6. The Balaban J connectivity index is 1.52. The van der Waals surface area contributed by atoms with Crippen molar-refractivity contribution in [2.45, 2.75) is 41.5 Å². The van der Waals surface area contributed by atoms with Gasteiger partial charge in [0.05, 0.1) is 61.3 Å². The number of aryl methyl sites for hydroxylation is 6. The third-order valence-electron chi connectivity index (χ3n) is 11.7. The van der Waals surface area contributed by atoms with Gasteiger partial charge in [0.15, 0.2) is 0 Å². The van der Waals surface area contributed by atoms with Gasteiger partial charge in [-0.05, 0) is 114 Å². The smallest absolute Gasteiger partial charge is 0.104 e. The second-order valence-electron chi connectivity index (χ2n) is 15.6. The number of hydrogen-bond acceptors (Lipinski definition) is 3. The molecule has 6 nitrogen and oxygen atoms in total. The fraction of sp³-hybridized carbons (Fsp3) is 0.118. The predicted octanol–water partition coefficient (Wildman–Crippen LogP) is 12.4. The van der Waals surface area contributed by atoms with Gasteiger partial charge in [0, 0.05) is 32.3 Å². The van der Waals surface area contributed by atoms with E-state index in [9.17, 15) is 15.8 Å². The number of fused-ring (bicyclic) bond motifs is 9. The quantitative estimate of drug-likeness (QED) is 0.181. The normalized spacial score (nSPS) is 11.6. The molecule has 3 heterocycles. The van der Waals surface area contributed by atoms with E-state index >= 15 is 0 Å².